The Morgan fingerprint density at radius 2 is 1.52 bits per heavy atom. The van der Waals surface area contributed by atoms with Crippen molar-refractivity contribution in [2.75, 3.05) is 5.32 Å². The van der Waals surface area contributed by atoms with Crippen LogP contribution in [0.3, 0.4) is 0 Å². The summed E-state index contributed by atoms with van der Waals surface area (Å²) < 4.78 is 0. The molecule has 0 spiro atoms. The number of aromatic carboxylic acids is 2. The number of carboxylic acid groups (broad SMARTS) is 2. The van der Waals surface area contributed by atoms with Crippen molar-refractivity contribution >= 4 is 23.5 Å². The van der Waals surface area contributed by atoms with Gasteiger partial charge in [0.2, 0.25) is 0 Å². The van der Waals surface area contributed by atoms with Gasteiger partial charge < -0.3 is 15.5 Å². The number of hydrogen-bond donors (Lipinski definition) is 3. The predicted octanol–water partition coefficient (Wildman–Crippen LogP) is 1.13. The van der Waals surface area contributed by atoms with Crippen LogP contribution in [-0.2, 0) is 0 Å². The number of hydrogen-bond acceptors (Lipinski definition) is 5. The molecule has 1 aromatic carbocycles. The van der Waals surface area contributed by atoms with Gasteiger partial charge in [0.05, 0.1) is 11.3 Å². The molecule has 0 aliphatic carbocycles. The maximum Gasteiger partial charge on any atom is 0.356 e. The SMILES string of the molecule is O=C(O)c1ccccc1NC(=O)c1nccnc1C(=O)O. The number of amides is 1. The quantitative estimate of drug-likeness (QED) is 0.768. The summed E-state index contributed by atoms with van der Waals surface area (Å²) in [4.78, 5) is 41.3. The van der Waals surface area contributed by atoms with Crippen LogP contribution in [-0.4, -0.2) is 38.0 Å². The predicted molar refractivity (Wildman–Crippen MR) is 70.3 cm³/mol. The number of anilines is 1. The second-order valence-corrected chi connectivity index (χ2v) is 3.86. The lowest BCUT2D eigenvalue weighted by molar-refractivity contribution is 0.0678. The Hall–Kier alpha value is -3.29. The fourth-order valence-corrected chi connectivity index (χ4v) is 1.62. The number of nitrogens with zero attached hydrogens (tertiary/aromatic N) is 2. The molecule has 1 amide bonds. The molecular formula is C13H9N3O5. The molecule has 1 heterocycles. The molecule has 0 bridgehead atoms. The van der Waals surface area contributed by atoms with Crippen LogP contribution >= 0.6 is 0 Å². The largest absolute Gasteiger partial charge is 0.478 e. The Morgan fingerprint density at radius 3 is 2.14 bits per heavy atom. The lowest BCUT2D eigenvalue weighted by Gasteiger charge is -2.08. The van der Waals surface area contributed by atoms with Crippen molar-refractivity contribution in [2.24, 2.45) is 0 Å². The van der Waals surface area contributed by atoms with Crippen LogP contribution in [0.4, 0.5) is 5.69 Å². The van der Waals surface area contributed by atoms with Gasteiger partial charge in [-0.2, -0.15) is 0 Å². The fourth-order valence-electron chi connectivity index (χ4n) is 1.62. The Morgan fingerprint density at radius 1 is 0.905 bits per heavy atom. The van der Waals surface area contributed by atoms with Gasteiger partial charge in [-0.25, -0.2) is 19.6 Å². The summed E-state index contributed by atoms with van der Waals surface area (Å²) in [5.74, 6) is -3.47. The van der Waals surface area contributed by atoms with Crippen LogP contribution in [0, 0.1) is 0 Å². The lowest BCUT2D eigenvalue weighted by atomic mass is 10.1. The summed E-state index contributed by atoms with van der Waals surface area (Å²) in [6, 6.07) is 5.74. The molecule has 21 heavy (non-hydrogen) atoms. The summed E-state index contributed by atoms with van der Waals surface area (Å²) in [6.07, 6.45) is 2.32. The summed E-state index contributed by atoms with van der Waals surface area (Å²) in [5.41, 5.74) is -0.989. The fraction of sp³-hybridized carbons (Fsp3) is 0. The first-order valence-corrected chi connectivity index (χ1v) is 5.68. The molecule has 0 fully saturated rings. The van der Waals surface area contributed by atoms with Gasteiger partial charge in [-0.3, -0.25) is 4.79 Å². The van der Waals surface area contributed by atoms with Crippen molar-refractivity contribution in [2.45, 2.75) is 0 Å². The molecule has 0 saturated carbocycles. The number of aromatic nitrogens is 2. The summed E-state index contributed by atoms with van der Waals surface area (Å²) in [5, 5.41) is 20.3. The normalized spacial score (nSPS) is 9.90. The molecule has 8 nitrogen and oxygen atoms in total. The van der Waals surface area contributed by atoms with E-state index in [2.05, 4.69) is 15.3 Å². The van der Waals surface area contributed by atoms with Crippen LogP contribution < -0.4 is 5.32 Å². The minimum absolute atomic E-state index is 0.0389. The topological polar surface area (TPSA) is 129 Å². The minimum Gasteiger partial charge on any atom is -0.478 e. The van der Waals surface area contributed by atoms with Gasteiger partial charge >= 0.3 is 11.9 Å². The van der Waals surface area contributed by atoms with E-state index in [0.29, 0.717) is 0 Å². The van der Waals surface area contributed by atoms with Crippen molar-refractivity contribution < 1.29 is 24.6 Å². The van der Waals surface area contributed by atoms with Crippen LogP contribution in [0.2, 0.25) is 0 Å². The van der Waals surface area contributed by atoms with E-state index in [1.54, 1.807) is 0 Å². The first-order chi connectivity index (χ1) is 10.0. The number of rotatable bonds is 4. The number of carbonyl (C=O) groups excluding carboxylic acids is 1. The van der Waals surface area contributed by atoms with E-state index in [1.807, 2.05) is 0 Å². The zero-order chi connectivity index (χ0) is 15.4. The number of nitrogens with one attached hydrogen (secondary N) is 1. The minimum atomic E-state index is -1.40. The second kappa shape index (κ2) is 5.78. The van der Waals surface area contributed by atoms with Gasteiger partial charge in [0.1, 0.15) is 0 Å². The van der Waals surface area contributed by atoms with Crippen molar-refractivity contribution in [3.63, 3.8) is 0 Å². The van der Waals surface area contributed by atoms with Crippen molar-refractivity contribution in [1.29, 1.82) is 0 Å². The summed E-state index contributed by atoms with van der Waals surface area (Å²) in [6.45, 7) is 0. The highest BCUT2D eigenvalue weighted by Gasteiger charge is 2.21. The number of para-hydroxylation sites is 1. The van der Waals surface area contributed by atoms with Gasteiger partial charge in [-0.1, -0.05) is 12.1 Å². The Bertz CT molecular complexity index is 729. The molecule has 8 heteroatoms. The molecule has 2 aromatic rings. The van der Waals surface area contributed by atoms with E-state index in [-0.39, 0.29) is 11.3 Å². The van der Waals surface area contributed by atoms with Gasteiger partial charge in [0.25, 0.3) is 5.91 Å². The zero-order valence-electron chi connectivity index (χ0n) is 10.5. The summed E-state index contributed by atoms with van der Waals surface area (Å²) in [7, 11) is 0. The molecular weight excluding hydrogens is 278 g/mol. The van der Waals surface area contributed by atoms with Crippen molar-refractivity contribution in [3.8, 4) is 0 Å². The van der Waals surface area contributed by atoms with E-state index in [0.717, 1.165) is 6.20 Å². The number of carbonyl (C=O) groups is 3. The average molecular weight is 287 g/mol. The van der Waals surface area contributed by atoms with E-state index in [9.17, 15) is 14.4 Å². The van der Waals surface area contributed by atoms with Gasteiger partial charge in [-0.05, 0) is 12.1 Å². The molecule has 0 aliphatic rings. The average Bonchev–Trinajstić information content (AvgIpc) is 2.47. The Labute approximate surface area is 118 Å². The molecule has 2 rings (SSSR count). The summed E-state index contributed by atoms with van der Waals surface area (Å²) >= 11 is 0. The molecule has 3 N–H and O–H groups in total. The number of benzene rings is 1. The maximum atomic E-state index is 12.0. The third-order valence-corrected chi connectivity index (χ3v) is 2.52. The molecule has 1 aromatic heterocycles. The van der Waals surface area contributed by atoms with Gasteiger partial charge in [-0.15, -0.1) is 0 Å². The molecule has 0 atom stereocenters. The van der Waals surface area contributed by atoms with E-state index >= 15 is 0 Å². The third kappa shape index (κ3) is 3.00. The molecule has 106 valence electrons. The van der Waals surface area contributed by atoms with Gasteiger partial charge in [0.15, 0.2) is 11.4 Å². The third-order valence-electron chi connectivity index (χ3n) is 2.52. The second-order valence-electron chi connectivity index (χ2n) is 3.86. The standard InChI is InChI=1S/C13H9N3O5/c17-11(9-10(13(20)21)15-6-5-14-9)16-8-4-2-1-3-7(8)12(18)19/h1-6H,(H,16,17)(H,18,19)(H,20,21). The monoisotopic (exact) mass is 287 g/mol. The van der Waals surface area contributed by atoms with Crippen LogP contribution in [0.25, 0.3) is 0 Å². The molecule has 0 aliphatic heterocycles. The highest BCUT2D eigenvalue weighted by molar-refractivity contribution is 6.10. The van der Waals surface area contributed by atoms with E-state index < -0.39 is 29.2 Å². The Kier molecular flexibility index (Phi) is 3.89. The lowest BCUT2D eigenvalue weighted by Crippen LogP contribution is -2.20. The molecule has 0 unspecified atom stereocenters. The first-order valence-electron chi connectivity index (χ1n) is 5.68. The van der Waals surface area contributed by atoms with E-state index in [4.69, 9.17) is 10.2 Å². The highest BCUT2D eigenvalue weighted by atomic mass is 16.4. The Balaban J connectivity index is 2.36. The van der Waals surface area contributed by atoms with Crippen LogP contribution in [0.15, 0.2) is 36.7 Å². The molecule has 0 saturated heterocycles. The van der Waals surface area contributed by atoms with E-state index in [1.165, 1.54) is 30.5 Å². The highest BCUT2D eigenvalue weighted by Crippen LogP contribution is 2.16. The van der Waals surface area contributed by atoms with Crippen molar-refractivity contribution in [3.05, 3.63) is 53.6 Å². The number of carboxylic acids is 2. The van der Waals surface area contributed by atoms with Crippen LogP contribution in [0.1, 0.15) is 31.3 Å². The van der Waals surface area contributed by atoms with Crippen molar-refractivity contribution in [1.82, 2.24) is 9.97 Å². The smallest absolute Gasteiger partial charge is 0.356 e. The maximum absolute atomic E-state index is 12.0. The molecule has 0 radical (unpaired) electrons. The van der Waals surface area contributed by atoms with Gasteiger partial charge in [0, 0.05) is 12.4 Å². The zero-order valence-corrected chi connectivity index (χ0v) is 10.5. The first kappa shape index (κ1) is 14.1. The van der Waals surface area contributed by atoms with Crippen LogP contribution in [0.5, 0.6) is 0 Å².